The van der Waals surface area contributed by atoms with Crippen LogP contribution in [0.1, 0.15) is 34.7 Å². The molecule has 2 rings (SSSR count). The van der Waals surface area contributed by atoms with Gasteiger partial charge in [0, 0.05) is 0 Å². The molecule has 0 spiro atoms. The lowest BCUT2D eigenvalue weighted by molar-refractivity contribution is 1.33. The summed E-state index contributed by atoms with van der Waals surface area (Å²) >= 11 is 0. The normalized spacial score (nSPS) is 11.5. The number of hydrogen-bond acceptors (Lipinski definition) is 0. The summed E-state index contributed by atoms with van der Waals surface area (Å²) in [4.78, 5) is 0. The van der Waals surface area contributed by atoms with Crippen LogP contribution in [0.2, 0.25) is 0 Å². The van der Waals surface area contributed by atoms with E-state index in [9.17, 15) is 0 Å². The molecule has 0 atom stereocenters. The van der Waals surface area contributed by atoms with Gasteiger partial charge in [-0.05, 0) is 61.1 Å². The minimum atomic E-state index is 1.08. The first-order valence-corrected chi connectivity index (χ1v) is 7.03. The molecule has 0 saturated carbocycles. The van der Waals surface area contributed by atoms with Crippen LogP contribution in [0.5, 0.6) is 0 Å². The predicted octanol–water partition coefficient (Wildman–Crippen LogP) is 5.73. The van der Waals surface area contributed by atoms with Gasteiger partial charge < -0.3 is 0 Å². The minimum Gasteiger partial charge on any atom is -0.0905 e. The standard InChI is InChI=1S/C20H22/c1-6-20(19-12-9-15(3)16(4)13-19)17(5)18-10-7-14(2)8-11-18/h6-13H,5H2,1-4H3. The van der Waals surface area contributed by atoms with Gasteiger partial charge in [-0.3, -0.25) is 0 Å². The number of allylic oxidation sites excluding steroid dienone is 3. The van der Waals surface area contributed by atoms with Crippen LogP contribution in [0, 0.1) is 20.8 Å². The molecule has 0 radical (unpaired) electrons. The molecule has 102 valence electrons. The van der Waals surface area contributed by atoms with Gasteiger partial charge in [0.15, 0.2) is 0 Å². The monoisotopic (exact) mass is 262 g/mol. The molecule has 0 fully saturated rings. The Kier molecular flexibility index (Phi) is 4.24. The van der Waals surface area contributed by atoms with Crippen molar-refractivity contribution >= 4 is 11.1 Å². The largest absolute Gasteiger partial charge is 0.0905 e. The molecule has 0 aromatic heterocycles. The molecule has 0 nitrogen and oxygen atoms in total. The van der Waals surface area contributed by atoms with Gasteiger partial charge in [-0.25, -0.2) is 0 Å². The Morgan fingerprint density at radius 1 is 0.850 bits per heavy atom. The highest BCUT2D eigenvalue weighted by atomic mass is 14.1. The number of rotatable bonds is 3. The summed E-state index contributed by atoms with van der Waals surface area (Å²) < 4.78 is 0. The lowest BCUT2D eigenvalue weighted by Gasteiger charge is -2.13. The molecule has 0 heteroatoms. The quantitative estimate of drug-likeness (QED) is 0.620. The van der Waals surface area contributed by atoms with E-state index in [4.69, 9.17) is 0 Å². The lowest BCUT2D eigenvalue weighted by atomic mass is 9.91. The van der Waals surface area contributed by atoms with Crippen molar-refractivity contribution in [1.82, 2.24) is 0 Å². The summed E-state index contributed by atoms with van der Waals surface area (Å²) in [5.74, 6) is 0. The summed E-state index contributed by atoms with van der Waals surface area (Å²) in [5, 5.41) is 0. The Hall–Kier alpha value is -2.08. The Labute approximate surface area is 122 Å². The highest BCUT2D eigenvalue weighted by Crippen LogP contribution is 2.30. The second-order valence-electron chi connectivity index (χ2n) is 5.35. The fourth-order valence-corrected chi connectivity index (χ4v) is 2.33. The zero-order valence-electron chi connectivity index (χ0n) is 12.8. The maximum atomic E-state index is 4.29. The second-order valence-corrected chi connectivity index (χ2v) is 5.35. The first-order chi connectivity index (χ1) is 9.52. The molecule has 2 aromatic carbocycles. The summed E-state index contributed by atoms with van der Waals surface area (Å²) in [7, 11) is 0. The fraction of sp³-hybridized carbons (Fsp3) is 0.200. The molecule has 0 amide bonds. The van der Waals surface area contributed by atoms with Crippen LogP contribution < -0.4 is 0 Å². The van der Waals surface area contributed by atoms with Crippen LogP contribution in [0.25, 0.3) is 11.1 Å². The van der Waals surface area contributed by atoms with Crippen LogP contribution in [0.3, 0.4) is 0 Å². The smallest absolute Gasteiger partial charge is 0.0154 e. The van der Waals surface area contributed by atoms with Crippen molar-refractivity contribution in [1.29, 1.82) is 0 Å². The van der Waals surface area contributed by atoms with Crippen molar-refractivity contribution in [2.45, 2.75) is 27.7 Å². The van der Waals surface area contributed by atoms with Gasteiger partial charge in [-0.2, -0.15) is 0 Å². The predicted molar refractivity (Wildman–Crippen MR) is 89.8 cm³/mol. The first-order valence-electron chi connectivity index (χ1n) is 7.03. The van der Waals surface area contributed by atoms with E-state index in [2.05, 4.69) is 82.8 Å². The Bertz CT molecular complexity index is 655. The van der Waals surface area contributed by atoms with Crippen molar-refractivity contribution < 1.29 is 0 Å². The van der Waals surface area contributed by atoms with E-state index in [-0.39, 0.29) is 0 Å². The van der Waals surface area contributed by atoms with E-state index in [0.29, 0.717) is 0 Å². The van der Waals surface area contributed by atoms with Crippen molar-refractivity contribution in [3.63, 3.8) is 0 Å². The van der Waals surface area contributed by atoms with E-state index in [1.807, 2.05) is 0 Å². The summed E-state index contributed by atoms with van der Waals surface area (Å²) in [6.07, 6.45) is 2.15. The average Bonchev–Trinajstić information content (AvgIpc) is 2.44. The molecule has 20 heavy (non-hydrogen) atoms. The molecular formula is C20H22. The topological polar surface area (TPSA) is 0 Å². The SMILES string of the molecule is C=C(C(=CC)c1ccc(C)c(C)c1)c1ccc(C)cc1. The molecule has 0 N–H and O–H groups in total. The molecule has 0 aliphatic rings. The van der Waals surface area contributed by atoms with Gasteiger partial charge in [-0.15, -0.1) is 0 Å². The van der Waals surface area contributed by atoms with Crippen molar-refractivity contribution in [3.8, 4) is 0 Å². The van der Waals surface area contributed by atoms with Crippen molar-refractivity contribution in [2.75, 3.05) is 0 Å². The Balaban J connectivity index is 2.39. The molecule has 2 aromatic rings. The van der Waals surface area contributed by atoms with Gasteiger partial charge in [0.25, 0.3) is 0 Å². The molecular weight excluding hydrogens is 240 g/mol. The van der Waals surface area contributed by atoms with Crippen LogP contribution >= 0.6 is 0 Å². The van der Waals surface area contributed by atoms with Crippen LogP contribution in [-0.4, -0.2) is 0 Å². The molecule has 0 unspecified atom stereocenters. The van der Waals surface area contributed by atoms with E-state index in [1.165, 1.54) is 33.4 Å². The Morgan fingerprint density at radius 2 is 1.45 bits per heavy atom. The van der Waals surface area contributed by atoms with Gasteiger partial charge in [0.1, 0.15) is 0 Å². The van der Waals surface area contributed by atoms with Crippen LogP contribution in [0.4, 0.5) is 0 Å². The highest BCUT2D eigenvalue weighted by Gasteiger charge is 2.08. The molecule has 0 saturated heterocycles. The first kappa shape index (κ1) is 14.3. The van der Waals surface area contributed by atoms with E-state index >= 15 is 0 Å². The van der Waals surface area contributed by atoms with Gasteiger partial charge >= 0.3 is 0 Å². The van der Waals surface area contributed by atoms with E-state index < -0.39 is 0 Å². The van der Waals surface area contributed by atoms with Crippen LogP contribution in [0.15, 0.2) is 55.1 Å². The highest BCUT2D eigenvalue weighted by molar-refractivity contribution is 6.03. The number of aryl methyl sites for hydroxylation is 3. The maximum Gasteiger partial charge on any atom is -0.0154 e. The number of hydrogen-bond donors (Lipinski definition) is 0. The third-order valence-corrected chi connectivity index (χ3v) is 3.83. The van der Waals surface area contributed by atoms with Gasteiger partial charge in [0.05, 0.1) is 0 Å². The molecule has 0 aliphatic heterocycles. The Morgan fingerprint density at radius 3 is 2.00 bits per heavy atom. The third kappa shape index (κ3) is 2.91. The zero-order chi connectivity index (χ0) is 14.7. The summed E-state index contributed by atoms with van der Waals surface area (Å²) in [6.45, 7) is 12.8. The average molecular weight is 262 g/mol. The molecule has 0 aliphatic carbocycles. The fourth-order valence-electron chi connectivity index (χ4n) is 2.33. The third-order valence-electron chi connectivity index (χ3n) is 3.83. The van der Waals surface area contributed by atoms with E-state index in [0.717, 1.165) is 5.57 Å². The molecule has 0 heterocycles. The molecule has 0 bridgehead atoms. The van der Waals surface area contributed by atoms with E-state index in [1.54, 1.807) is 0 Å². The van der Waals surface area contributed by atoms with Crippen LogP contribution in [-0.2, 0) is 0 Å². The van der Waals surface area contributed by atoms with Gasteiger partial charge in [0.2, 0.25) is 0 Å². The van der Waals surface area contributed by atoms with Gasteiger partial charge in [-0.1, -0.05) is 60.7 Å². The lowest BCUT2D eigenvalue weighted by Crippen LogP contribution is -1.91. The summed E-state index contributed by atoms with van der Waals surface area (Å²) in [5.41, 5.74) is 8.62. The maximum absolute atomic E-state index is 4.29. The van der Waals surface area contributed by atoms with Crippen molar-refractivity contribution in [3.05, 3.63) is 82.9 Å². The minimum absolute atomic E-state index is 1.08. The summed E-state index contributed by atoms with van der Waals surface area (Å²) in [6, 6.07) is 15.1. The number of benzene rings is 2. The second kappa shape index (κ2) is 5.92. The van der Waals surface area contributed by atoms with Crippen molar-refractivity contribution in [2.24, 2.45) is 0 Å². The zero-order valence-corrected chi connectivity index (χ0v) is 12.8.